The van der Waals surface area contributed by atoms with Gasteiger partial charge in [0, 0.05) is 19.3 Å². The molecule has 64 valence electrons. The smallest absolute Gasteiger partial charge is 0.129 e. The Kier molecular flexibility index (Phi) is 3.80. The molecule has 1 heterocycles. The maximum atomic E-state index is 5.27. The van der Waals surface area contributed by atoms with Crippen molar-refractivity contribution in [1.82, 2.24) is 9.97 Å². The Labute approximate surface area is 71.5 Å². The van der Waals surface area contributed by atoms with Gasteiger partial charge in [0.05, 0.1) is 0 Å². The molecule has 0 aliphatic rings. The van der Waals surface area contributed by atoms with E-state index in [2.05, 4.69) is 15.3 Å². The first kappa shape index (κ1) is 8.67. The van der Waals surface area contributed by atoms with Gasteiger partial charge in [-0.1, -0.05) is 12.2 Å². The minimum absolute atomic E-state index is 0.575. The lowest BCUT2D eigenvalue weighted by Crippen LogP contribution is -2.01. The summed E-state index contributed by atoms with van der Waals surface area (Å²) < 4.78 is 0. The monoisotopic (exact) mass is 164 g/mol. The van der Waals surface area contributed by atoms with E-state index in [1.54, 1.807) is 6.20 Å². The maximum Gasteiger partial charge on any atom is 0.129 e. The van der Waals surface area contributed by atoms with Gasteiger partial charge in [0.25, 0.3) is 0 Å². The molecule has 0 spiro atoms. The molecule has 0 aliphatic carbocycles. The number of aromatic nitrogens is 2. The van der Waals surface area contributed by atoms with Crippen molar-refractivity contribution < 1.29 is 0 Å². The molecule has 3 N–H and O–H groups in total. The second-order valence-electron chi connectivity index (χ2n) is 2.18. The molecule has 12 heavy (non-hydrogen) atoms. The average molecular weight is 164 g/mol. The molecule has 4 heteroatoms. The number of hydrogen-bond donors (Lipinski definition) is 2. The van der Waals surface area contributed by atoms with Gasteiger partial charge in [0.15, 0.2) is 0 Å². The summed E-state index contributed by atoms with van der Waals surface area (Å²) >= 11 is 0. The van der Waals surface area contributed by atoms with Crippen LogP contribution in [0.15, 0.2) is 30.7 Å². The molecular formula is C8H12N4. The molecule has 0 saturated heterocycles. The largest absolute Gasteiger partial charge is 0.367 e. The van der Waals surface area contributed by atoms with Crippen LogP contribution >= 0.6 is 0 Å². The Morgan fingerprint density at radius 3 is 3.08 bits per heavy atom. The van der Waals surface area contributed by atoms with Crippen molar-refractivity contribution in [2.75, 3.05) is 18.4 Å². The van der Waals surface area contributed by atoms with Gasteiger partial charge in [-0.25, -0.2) is 9.97 Å². The van der Waals surface area contributed by atoms with Crippen molar-refractivity contribution in [2.24, 2.45) is 5.73 Å². The number of nitrogens with zero attached hydrogens (tertiary/aromatic N) is 2. The molecule has 0 saturated carbocycles. The van der Waals surface area contributed by atoms with Crippen LogP contribution < -0.4 is 11.1 Å². The fourth-order valence-electron chi connectivity index (χ4n) is 0.738. The van der Waals surface area contributed by atoms with Gasteiger partial charge < -0.3 is 11.1 Å². The first-order valence-electron chi connectivity index (χ1n) is 3.78. The predicted octanol–water partition coefficient (Wildman–Crippen LogP) is 0.403. The second kappa shape index (κ2) is 5.26. The van der Waals surface area contributed by atoms with Crippen LogP contribution in [0.1, 0.15) is 0 Å². The second-order valence-corrected chi connectivity index (χ2v) is 2.18. The molecule has 0 amide bonds. The fourth-order valence-corrected chi connectivity index (χ4v) is 0.738. The van der Waals surface area contributed by atoms with Gasteiger partial charge in [-0.2, -0.15) is 0 Å². The fraction of sp³-hybridized carbons (Fsp3) is 0.250. The molecule has 0 bridgehead atoms. The molecule has 0 aromatic carbocycles. The van der Waals surface area contributed by atoms with E-state index in [9.17, 15) is 0 Å². The summed E-state index contributed by atoms with van der Waals surface area (Å²) in [5, 5.41) is 3.09. The molecule has 0 atom stereocenters. The van der Waals surface area contributed by atoms with E-state index in [1.165, 1.54) is 6.33 Å². The van der Waals surface area contributed by atoms with Gasteiger partial charge in [-0.3, -0.25) is 0 Å². The lowest BCUT2D eigenvalue weighted by molar-refractivity contribution is 1.13. The summed E-state index contributed by atoms with van der Waals surface area (Å²) in [6.07, 6.45) is 7.06. The number of nitrogens with one attached hydrogen (secondary N) is 1. The molecule has 0 unspecified atom stereocenters. The summed E-state index contributed by atoms with van der Waals surface area (Å²) in [6, 6.07) is 1.82. The summed E-state index contributed by atoms with van der Waals surface area (Å²) in [5.41, 5.74) is 5.27. The Morgan fingerprint density at radius 1 is 1.50 bits per heavy atom. The highest BCUT2D eigenvalue weighted by Crippen LogP contribution is 1.95. The first-order chi connectivity index (χ1) is 5.93. The Hall–Kier alpha value is -1.42. The third kappa shape index (κ3) is 3.12. The Balaban J connectivity index is 2.29. The van der Waals surface area contributed by atoms with E-state index in [0.717, 1.165) is 12.4 Å². The van der Waals surface area contributed by atoms with Crippen LogP contribution in [0.3, 0.4) is 0 Å². The minimum atomic E-state index is 0.575. The highest BCUT2D eigenvalue weighted by Gasteiger charge is 1.86. The van der Waals surface area contributed by atoms with E-state index in [0.29, 0.717) is 6.54 Å². The lowest BCUT2D eigenvalue weighted by atomic mass is 10.5. The molecule has 0 aliphatic heterocycles. The van der Waals surface area contributed by atoms with Gasteiger partial charge in [0.1, 0.15) is 12.1 Å². The maximum absolute atomic E-state index is 5.27. The average Bonchev–Trinajstić information content (AvgIpc) is 2.14. The lowest BCUT2D eigenvalue weighted by Gasteiger charge is -1.99. The van der Waals surface area contributed by atoms with Crippen molar-refractivity contribution in [3.05, 3.63) is 30.7 Å². The molecule has 1 aromatic rings. The minimum Gasteiger partial charge on any atom is -0.367 e. The van der Waals surface area contributed by atoms with Gasteiger partial charge in [-0.05, 0) is 6.07 Å². The van der Waals surface area contributed by atoms with E-state index < -0.39 is 0 Å². The van der Waals surface area contributed by atoms with Crippen LogP contribution in [0.4, 0.5) is 5.82 Å². The van der Waals surface area contributed by atoms with Gasteiger partial charge >= 0.3 is 0 Å². The van der Waals surface area contributed by atoms with E-state index in [-0.39, 0.29) is 0 Å². The Bertz CT molecular complexity index is 232. The molecular weight excluding hydrogens is 152 g/mol. The quantitative estimate of drug-likeness (QED) is 0.632. The van der Waals surface area contributed by atoms with E-state index >= 15 is 0 Å². The third-order valence-electron chi connectivity index (χ3n) is 1.29. The standard InChI is InChI=1S/C8H12N4/c9-4-1-2-5-11-8-3-6-10-7-12-8/h1-3,6-7H,4-5,9H2,(H,10,11,12)/b2-1+. The number of nitrogens with two attached hydrogens (primary N) is 1. The predicted molar refractivity (Wildman–Crippen MR) is 48.7 cm³/mol. The number of rotatable bonds is 4. The number of anilines is 1. The highest BCUT2D eigenvalue weighted by molar-refractivity contribution is 5.32. The van der Waals surface area contributed by atoms with Crippen molar-refractivity contribution in [1.29, 1.82) is 0 Å². The zero-order valence-electron chi connectivity index (χ0n) is 6.77. The van der Waals surface area contributed by atoms with Crippen LogP contribution in [-0.2, 0) is 0 Å². The number of hydrogen-bond acceptors (Lipinski definition) is 4. The summed E-state index contributed by atoms with van der Waals surface area (Å²) in [6.45, 7) is 1.32. The highest BCUT2D eigenvalue weighted by atomic mass is 15.0. The van der Waals surface area contributed by atoms with Crippen LogP contribution in [-0.4, -0.2) is 23.1 Å². The topological polar surface area (TPSA) is 63.8 Å². The molecule has 4 nitrogen and oxygen atoms in total. The van der Waals surface area contributed by atoms with E-state index in [1.807, 2.05) is 18.2 Å². The zero-order valence-corrected chi connectivity index (χ0v) is 6.77. The molecule has 1 aromatic heterocycles. The summed E-state index contributed by atoms with van der Waals surface area (Å²) in [4.78, 5) is 7.79. The van der Waals surface area contributed by atoms with Gasteiger partial charge in [-0.15, -0.1) is 0 Å². The summed E-state index contributed by atoms with van der Waals surface area (Å²) in [7, 11) is 0. The van der Waals surface area contributed by atoms with Crippen LogP contribution in [0, 0.1) is 0 Å². The van der Waals surface area contributed by atoms with Crippen LogP contribution in [0.5, 0.6) is 0 Å². The molecule has 0 radical (unpaired) electrons. The van der Waals surface area contributed by atoms with Gasteiger partial charge in [0.2, 0.25) is 0 Å². The SMILES string of the molecule is NC/C=C/CNc1ccncn1. The van der Waals surface area contributed by atoms with Crippen LogP contribution in [0.2, 0.25) is 0 Å². The third-order valence-corrected chi connectivity index (χ3v) is 1.29. The van der Waals surface area contributed by atoms with Crippen molar-refractivity contribution in [2.45, 2.75) is 0 Å². The molecule has 0 fully saturated rings. The summed E-state index contributed by atoms with van der Waals surface area (Å²) in [5.74, 6) is 0.826. The zero-order chi connectivity index (χ0) is 8.65. The molecule has 1 rings (SSSR count). The van der Waals surface area contributed by atoms with Crippen molar-refractivity contribution >= 4 is 5.82 Å². The van der Waals surface area contributed by atoms with E-state index in [4.69, 9.17) is 5.73 Å². The first-order valence-corrected chi connectivity index (χ1v) is 3.78. The van der Waals surface area contributed by atoms with Crippen LogP contribution in [0.25, 0.3) is 0 Å². The van der Waals surface area contributed by atoms with Crippen molar-refractivity contribution in [3.63, 3.8) is 0 Å². The van der Waals surface area contributed by atoms with Crippen molar-refractivity contribution in [3.8, 4) is 0 Å². The normalized spacial score (nSPS) is 10.4. The Morgan fingerprint density at radius 2 is 2.42 bits per heavy atom.